The van der Waals surface area contributed by atoms with E-state index in [1.54, 1.807) is 17.0 Å². The van der Waals surface area contributed by atoms with Gasteiger partial charge in [-0.05, 0) is 31.4 Å². The third-order valence-corrected chi connectivity index (χ3v) is 3.60. The van der Waals surface area contributed by atoms with Gasteiger partial charge in [0.15, 0.2) is 0 Å². The maximum Gasteiger partial charge on any atom is 0.314 e. The molecular formula is C16H23ClN2O3. The Bertz CT molecular complexity index is 540. The van der Waals surface area contributed by atoms with E-state index in [1.165, 1.54) is 7.11 Å². The number of rotatable bonds is 6. The Kier molecular flexibility index (Phi) is 7.18. The van der Waals surface area contributed by atoms with Crippen molar-refractivity contribution < 1.29 is 14.3 Å². The van der Waals surface area contributed by atoms with Gasteiger partial charge in [-0.3, -0.25) is 9.59 Å². The predicted molar refractivity (Wildman–Crippen MR) is 88.5 cm³/mol. The quantitative estimate of drug-likeness (QED) is 0.816. The molecule has 1 aromatic carbocycles. The van der Waals surface area contributed by atoms with E-state index in [-0.39, 0.29) is 0 Å². The molecular weight excluding hydrogens is 304 g/mol. The number of ether oxygens (including phenoxy) is 1. The summed E-state index contributed by atoms with van der Waals surface area (Å²) in [5.41, 5.74) is 1.24. The maximum atomic E-state index is 12.2. The monoisotopic (exact) mass is 326 g/mol. The van der Waals surface area contributed by atoms with E-state index in [4.69, 9.17) is 16.3 Å². The van der Waals surface area contributed by atoms with Crippen molar-refractivity contribution in [2.24, 2.45) is 0 Å². The van der Waals surface area contributed by atoms with Gasteiger partial charge in [-0.15, -0.1) is 0 Å². The van der Waals surface area contributed by atoms with Crippen molar-refractivity contribution in [3.05, 3.63) is 22.7 Å². The van der Waals surface area contributed by atoms with Crippen LogP contribution in [0.4, 0.5) is 5.69 Å². The summed E-state index contributed by atoms with van der Waals surface area (Å²) in [4.78, 5) is 26.0. The first-order chi connectivity index (χ1) is 10.4. The SMILES string of the molecule is CCCN(CCC)C(=O)C(=O)Nc1cc(C)c(Cl)cc1OC. The molecule has 1 aromatic rings. The largest absolute Gasteiger partial charge is 0.495 e. The number of amides is 2. The number of hydrogen-bond acceptors (Lipinski definition) is 3. The van der Waals surface area contributed by atoms with Crippen LogP contribution < -0.4 is 10.1 Å². The summed E-state index contributed by atoms with van der Waals surface area (Å²) in [7, 11) is 1.49. The number of nitrogens with one attached hydrogen (secondary N) is 1. The zero-order valence-electron chi connectivity index (χ0n) is 13.5. The fraction of sp³-hybridized carbons (Fsp3) is 0.500. The molecule has 22 heavy (non-hydrogen) atoms. The molecule has 1 rings (SSSR count). The fourth-order valence-corrected chi connectivity index (χ4v) is 2.26. The van der Waals surface area contributed by atoms with E-state index in [9.17, 15) is 9.59 Å². The number of methoxy groups -OCH3 is 1. The van der Waals surface area contributed by atoms with Gasteiger partial charge in [-0.2, -0.15) is 0 Å². The molecule has 0 saturated carbocycles. The van der Waals surface area contributed by atoms with E-state index >= 15 is 0 Å². The lowest BCUT2D eigenvalue weighted by atomic mass is 10.2. The Morgan fingerprint density at radius 1 is 1.23 bits per heavy atom. The number of aryl methyl sites for hydroxylation is 1. The molecule has 0 aliphatic heterocycles. The lowest BCUT2D eigenvalue weighted by Gasteiger charge is -2.21. The number of carbonyl (C=O) groups is 2. The van der Waals surface area contributed by atoms with Gasteiger partial charge in [0.1, 0.15) is 5.75 Å². The fourth-order valence-electron chi connectivity index (χ4n) is 2.10. The van der Waals surface area contributed by atoms with Crippen LogP contribution in [0.15, 0.2) is 12.1 Å². The molecule has 122 valence electrons. The highest BCUT2D eigenvalue weighted by atomic mass is 35.5. The smallest absolute Gasteiger partial charge is 0.314 e. The first-order valence-corrected chi connectivity index (χ1v) is 7.76. The second-order valence-electron chi connectivity index (χ2n) is 5.05. The number of anilines is 1. The van der Waals surface area contributed by atoms with Crippen molar-refractivity contribution in [3.63, 3.8) is 0 Å². The van der Waals surface area contributed by atoms with Crippen molar-refractivity contribution in [1.82, 2.24) is 4.90 Å². The average molecular weight is 327 g/mol. The second kappa shape index (κ2) is 8.63. The molecule has 0 fully saturated rings. The van der Waals surface area contributed by atoms with Crippen molar-refractivity contribution >= 4 is 29.1 Å². The summed E-state index contributed by atoms with van der Waals surface area (Å²) in [6, 6.07) is 3.31. The molecule has 0 aromatic heterocycles. The van der Waals surface area contributed by atoms with E-state index in [1.807, 2.05) is 20.8 Å². The minimum atomic E-state index is -0.665. The molecule has 0 aliphatic carbocycles. The van der Waals surface area contributed by atoms with Crippen molar-refractivity contribution in [3.8, 4) is 5.75 Å². The normalized spacial score (nSPS) is 10.2. The summed E-state index contributed by atoms with van der Waals surface area (Å²) < 4.78 is 5.19. The topological polar surface area (TPSA) is 58.6 Å². The van der Waals surface area contributed by atoms with Gasteiger partial charge >= 0.3 is 11.8 Å². The van der Waals surface area contributed by atoms with Crippen LogP contribution >= 0.6 is 11.6 Å². The summed E-state index contributed by atoms with van der Waals surface area (Å²) in [6.07, 6.45) is 1.62. The molecule has 0 heterocycles. The molecule has 0 spiro atoms. The van der Waals surface area contributed by atoms with Gasteiger partial charge in [-0.1, -0.05) is 25.4 Å². The lowest BCUT2D eigenvalue weighted by molar-refractivity contribution is -0.143. The van der Waals surface area contributed by atoms with Gasteiger partial charge in [0.2, 0.25) is 0 Å². The van der Waals surface area contributed by atoms with Gasteiger partial charge < -0.3 is 15.0 Å². The predicted octanol–water partition coefficient (Wildman–Crippen LogP) is 3.24. The first-order valence-electron chi connectivity index (χ1n) is 7.38. The Hall–Kier alpha value is -1.75. The molecule has 0 radical (unpaired) electrons. The highest BCUT2D eigenvalue weighted by Crippen LogP contribution is 2.30. The van der Waals surface area contributed by atoms with Crippen molar-refractivity contribution in [2.75, 3.05) is 25.5 Å². The van der Waals surface area contributed by atoms with Crippen LogP contribution in [0, 0.1) is 6.92 Å². The minimum Gasteiger partial charge on any atom is -0.495 e. The van der Waals surface area contributed by atoms with Crippen molar-refractivity contribution in [2.45, 2.75) is 33.6 Å². The Morgan fingerprint density at radius 2 is 1.82 bits per heavy atom. The Morgan fingerprint density at radius 3 is 2.32 bits per heavy atom. The van der Waals surface area contributed by atoms with Crippen LogP contribution in [-0.4, -0.2) is 36.9 Å². The van der Waals surface area contributed by atoms with E-state index < -0.39 is 11.8 Å². The van der Waals surface area contributed by atoms with Crippen LogP contribution in [0.25, 0.3) is 0 Å². The van der Waals surface area contributed by atoms with E-state index in [0.29, 0.717) is 29.5 Å². The van der Waals surface area contributed by atoms with E-state index in [2.05, 4.69) is 5.32 Å². The maximum absolute atomic E-state index is 12.2. The molecule has 0 saturated heterocycles. The van der Waals surface area contributed by atoms with Crippen LogP contribution in [-0.2, 0) is 9.59 Å². The molecule has 2 amide bonds. The van der Waals surface area contributed by atoms with Gasteiger partial charge in [0.25, 0.3) is 0 Å². The zero-order chi connectivity index (χ0) is 16.7. The standard InChI is InChI=1S/C16H23ClN2O3/c1-5-7-19(8-6-2)16(21)15(20)18-13-9-11(3)12(17)10-14(13)22-4/h9-10H,5-8H2,1-4H3,(H,18,20). The summed E-state index contributed by atoms with van der Waals surface area (Å²) >= 11 is 6.03. The number of carbonyl (C=O) groups excluding carboxylic acids is 2. The summed E-state index contributed by atoms with van der Waals surface area (Å²) in [5.74, 6) is -0.769. The second-order valence-corrected chi connectivity index (χ2v) is 5.46. The highest BCUT2D eigenvalue weighted by Gasteiger charge is 2.22. The van der Waals surface area contributed by atoms with Gasteiger partial charge in [0, 0.05) is 24.2 Å². The molecule has 0 unspecified atom stereocenters. The number of nitrogens with zero attached hydrogens (tertiary/aromatic N) is 1. The average Bonchev–Trinajstić information content (AvgIpc) is 2.49. The molecule has 6 heteroatoms. The number of hydrogen-bond donors (Lipinski definition) is 1. The lowest BCUT2D eigenvalue weighted by Crippen LogP contribution is -2.40. The molecule has 1 N–H and O–H groups in total. The van der Waals surface area contributed by atoms with Crippen LogP contribution in [0.2, 0.25) is 5.02 Å². The molecule has 5 nitrogen and oxygen atoms in total. The number of halogens is 1. The third kappa shape index (κ3) is 4.63. The highest BCUT2D eigenvalue weighted by molar-refractivity contribution is 6.39. The minimum absolute atomic E-state index is 0.425. The van der Waals surface area contributed by atoms with E-state index in [0.717, 1.165) is 18.4 Å². The molecule has 0 bridgehead atoms. The zero-order valence-corrected chi connectivity index (χ0v) is 14.3. The van der Waals surface area contributed by atoms with Crippen LogP contribution in [0.5, 0.6) is 5.75 Å². The van der Waals surface area contributed by atoms with Crippen molar-refractivity contribution in [1.29, 1.82) is 0 Å². The first kappa shape index (κ1) is 18.3. The van der Waals surface area contributed by atoms with Gasteiger partial charge in [-0.25, -0.2) is 0 Å². The van der Waals surface area contributed by atoms with Crippen LogP contribution in [0.1, 0.15) is 32.3 Å². The molecule has 0 aliphatic rings. The molecule has 0 atom stereocenters. The third-order valence-electron chi connectivity index (χ3n) is 3.20. The number of benzene rings is 1. The van der Waals surface area contributed by atoms with Crippen LogP contribution in [0.3, 0.4) is 0 Å². The summed E-state index contributed by atoms with van der Waals surface area (Å²) in [6.45, 7) is 6.90. The van der Waals surface area contributed by atoms with Gasteiger partial charge in [0.05, 0.1) is 12.8 Å². The summed E-state index contributed by atoms with van der Waals surface area (Å²) in [5, 5.41) is 3.15. The Labute approximate surface area is 136 Å². The Balaban J connectivity index is 2.91.